The standard InChI is InChI=1S/C19H22N4OS/c1-13-11-20-19(25-13)14-5-4-10-23(12-14)18(24)9-8-17-21-15-6-2-3-7-16(15)22-17/h2-3,6-7,11,14H,4-5,8-10,12H2,1H3,(H,21,22)/t14-/m1/s1. The quantitative estimate of drug-likeness (QED) is 0.778. The number of benzene rings is 1. The number of thiazole rings is 1. The highest BCUT2D eigenvalue weighted by Crippen LogP contribution is 2.30. The molecule has 0 radical (unpaired) electrons. The summed E-state index contributed by atoms with van der Waals surface area (Å²) in [7, 11) is 0. The molecule has 0 saturated carbocycles. The van der Waals surface area contributed by atoms with Crippen molar-refractivity contribution in [3.8, 4) is 0 Å². The van der Waals surface area contributed by atoms with Crippen LogP contribution in [0.5, 0.6) is 0 Å². The number of aromatic nitrogens is 3. The number of piperidine rings is 1. The molecule has 0 aliphatic carbocycles. The number of nitrogens with one attached hydrogen (secondary N) is 1. The lowest BCUT2D eigenvalue weighted by atomic mass is 9.98. The number of imidazole rings is 1. The van der Waals surface area contributed by atoms with E-state index in [1.54, 1.807) is 11.3 Å². The zero-order valence-corrected chi connectivity index (χ0v) is 15.2. The summed E-state index contributed by atoms with van der Waals surface area (Å²) in [6.07, 6.45) is 5.27. The normalized spacial score (nSPS) is 18.0. The molecule has 1 saturated heterocycles. The van der Waals surface area contributed by atoms with Crippen molar-refractivity contribution in [3.05, 3.63) is 46.2 Å². The second-order valence-electron chi connectivity index (χ2n) is 6.69. The van der Waals surface area contributed by atoms with E-state index in [-0.39, 0.29) is 5.91 Å². The SMILES string of the molecule is Cc1cnc([C@@H]2CCCN(C(=O)CCc3nc4ccccc4[nH]3)C2)s1. The minimum atomic E-state index is 0.221. The van der Waals surface area contributed by atoms with Crippen molar-refractivity contribution in [2.75, 3.05) is 13.1 Å². The summed E-state index contributed by atoms with van der Waals surface area (Å²) in [5, 5.41) is 1.17. The Morgan fingerprint density at radius 1 is 1.40 bits per heavy atom. The molecular formula is C19H22N4OS. The van der Waals surface area contributed by atoms with Crippen LogP contribution in [-0.2, 0) is 11.2 Å². The lowest BCUT2D eigenvalue weighted by Crippen LogP contribution is -2.39. The molecule has 1 amide bonds. The molecule has 1 atom stereocenters. The van der Waals surface area contributed by atoms with Crippen LogP contribution in [0, 0.1) is 6.92 Å². The van der Waals surface area contributed by atoms with Gasteiger partial charge in [0.05, 0.1) is 16.0 Å². The number of fused-ring (bicyclic) bond motifs is 1. The number of amides is 1. The average Bonchev–Trinajstić information content (AvgIpc) is 3.25. The fraction of sp³-hybridized carbons (Fsp3) is 0.421. The Bertz CT molecular complexity index is 851. The van der Waals surface area contributed by atoms with Crippen LogP contribution < -0.4 is 0 Å². The van der Waals surface area contributed by atoms with Gasteiger partial charge in [0.25, 0.3) is 0 Å². The molecule has 3 aromatic rings. The summed E-state index contributed by atoms with van der Waals surface area (Å²) in [5.74, 6) is 1.50. The number of aromatic amines is 1. The Morgan fingerprint density at radius 2 is 2.28 bits per heavy atom. The van der Waals surface area contributed by atoms with Crippen LogP contribution in [0.3, 0.4) is 0 Å². The molecule has 6 heteroatoms. The molecule has 1 aliphatic heterocycles. The van der Waals surface area contributed by atoms with Gasteiger partial charge in [0.2, 0.25) is 5.91 Å². The van der Waals surface area contributed by atoms with Crippen molar-refractivity contribution in [2.24, 2.45) is 0 Å². The average molecular weight is 354 g/mol. The highest BCUT2D eigenvalue weighted by atomic mass is 32.1. The molecule has 25 heavy (non-hydrogen) atoms. The van der Waals surface area contributed by atoms with Crippen molar-refractivity contribution in [1.82, 2.24) is 19.9 Å². The predicted octanol–water partition coefficient (Wildman–Crippen LogP) is 3.67. The second kappa shape index (κ2) is 6.96. The molecule has 1 aliphatic rings. The van der Waals surface area contributed by atoms with Gasteiger partial charge in [0.1, 0.15) is 5.82 Å². The topological polar surface area (TPSA) is 61.9 Å². The van der Waals surface area contributed by atoms with Crippen molar-refractivity contribution in [3.63, 3.8) is 0 Å². The van der Waals surface area contributed by atoms with Gasteiger partial charge >= 0.3 is 0 Å². The van der Waals surface area contributed by atoms with E-state index in [2.05, 4.69) is 21.9 Å². The lowest BCUT2D eigenvalue weighted by molar-refractivity contribution is -0.132. The van der Waals surface area contributed by atoms with Crippen LogP contribution in [0.15, 0.2) is 30.5 Å². The Kier molecular flexibility index (Phi) is 4.53. The molecule has 130 valence electrons. The first-order valence-electron chi connectivity index (χ1n) is 8.83. The summed E-state index contributed by atoms with van der Waals surface area (Å²) in [6.45, 7) is 3.74. The van der Waals surface area contributed by atoms with Gasteiger partial charge in [-0.1, -0.05) is 12.1 Å². The van der Waals surface area contributed by atoms with E-state index in [1.807, 2.05) is 35.4 Å². The number of nitrogens with zero attached hydrogens (tertiary/aromatic N) is 3. The minimum Gasteiger partial charge on any atom is -0.342 e. The third kappa shape index (κ3) is 3.58. The molecule has 1 aromatic carbocycles. The molecular weight excluding hydrogens is 332 g/mol. The molecule has 1 fully saturated rings. The molecule has 0 unspecified atom stereocenters. The molecule has 5 nitrogen and oxygen atoms in total. The van der Waals surface area contributed by atoms with Crippen molar-refractivity contribution < 1.29 is 4.79 Å². The number of para-hydroxylation sites is 2. The maximum atomic E-state index is 12.6. The van der Waals surface area contributed by atoms with E-state index in [4.69, 9.17) is 0 Å². The summed E-state index contributed by atoms with van der Waals surface area (Å²) < 4.78 is 0. The van der Waals surface area contributed by atoms with Crippen LogP contribution in [0.2, 0.25) is 0 Å². The van der Waals surface area contributed by atoms with E-state index < -0.39 is 0 Å². The van der Waals surface area contributed by atoms with Crippen LogP contribution >= 0.6 is 11.3 Å². The van der Waals surface area contributed by atoms with Crippen LogP contribution in [0.1, 0.15) is 40.9 Å². The summed E-state index contributed by atoms with van der Waals surface area (Å²) in [6, 6.07) is 7.97. The lowest BCUT2D eigenvalue weighted by Gasteiger charge is -2.31. The smallest absolute Gasteiger partial charge is 0.223 e. The minimum absolute atomic E-state index is 0.221. The third-order valence-corrected chi connectivity index (χ3v) is 5.85. The monoisotopic (exact) mass is 354 g/mol. The van der Waals surface area contributed by atoms with Crippen molar-refractivity contribution >= 4 is 28.3 Å². The van der Waals surface area contributed by atoms with Gasteiger partial charge in [-0.2, -0.15) is 0 Å². The van der Waals surface area contributed by atoms with Gasteiger partial charge in [0, 0.05) is 42.9 Å². The largest absolute Gasteiger partial charge is 0.342 e. The third-order valence-electron chi connectivity index (χ3n) is 4.78. The molecule has 0 spiro atoms. The number of likely N-dealkylation sites (tertiary alicyclic amines) is 1. The van der Waals surface area contributed by atoms with E-state index in [0.29, 0.717) is 18.8 Å². The Hall–Kier alpha value is -2.21. The number of H-pyrrole nitrogens is 1. The number of hydrogen-bond donors (Lipinski definition) is 1. The molecule has 1 N–H and O–H groups in total. The Balaban J connectivity index is 1.37. The maximum absolute atomic E-state index is 12.6. The van der Waals surface area contributed by atoms with Crippen LogP contribution in [0.25, 0.3) is 11.0 Å². The highest BCUT2D eigenvalue weighted by Gasteiger charge is 2.26. The molecule has 4 rings (SSSR count). The number of hydrogen-bond acceptors (Lipinski definition) is 4. The highest BCUT2D eigenvalue weighted by molar-refractivity contribution is 7.11. The van der Waals surface area contributed by atoms with Crippen molar-refractivity contribution in [1.29, 1.82) is 0 Å². The summed E-state index contributed by atoms with van der Waals surface area (Å²) in [5.41, 5.74) is 1.99. The first kappa shape index (κ1) is 16.3. The fourth-order valence-electron chi connectivity index (χ4n) is 3.47. The van der Waals surface area contributed by atoms with E-state index in [0.717, 1.165) is 42.8 Å². The number of aryl methyl sites for hydroxylation is 2. The van der Waals surface area contributed by atoms with Gasteiger partial charge in [-0.15, -0.1) is 11.3 Å². The molecule has 3 heterocycles. The van der Waals surface area contributed by atoms with Crippen LogP contribution in [0.4, 0.5) is 0 Å². The molecule has 0 bridgehead atoms. The molecule has 2 aromatic heterocycles. The van der Waals surface area contributed by atoms with E-state index >= 15 is 0 Å². The number of carbonyl (C=O) groups excluding carboxylic acids is 1. The summed E-state index contributed by atoms with van der Waals surface area (Å²) in [4.78, 5) is 28.3. The Morgan fingerprint density at radius 3 is 3.08 bits per heavy atom. The van der Waals surface area contributed by atoms with Gasteiger partial charge in [-0.05, 0) is 31.9 Å². The zero-order chi connectivity index (χ0) is 17.2. The summed E-state index contributed by atoms with van der Waals surface area (Å²) >= 11 is 1.76. The number of rotatable bonds is 4. The van der Waals surface area contributed by atoms with E-state index in [1.165, 1.54) is 9.88 Å². The first-order valence-corrected chi connectivity index (χ1v) is 9.64. The maximum Gasteiger partial charge on any atom is 0.223 e. The number of carbonyl (C=O) groups is 1. The first-order chi connectivity index (χ1) is 12.2. The zero-order valence-electron chi connectivity index (χ0n) is 14.4. The van der Waals surface area contributed by atoms with Gasteiger partial charge < -0.3 is 9.88 Å². The fourth-order valence-corrected chi connectivity index (χ4v) is 4.37. The van der Waals surface area contributed by atoms with Gasteiger partial charge in [0.15, 0.2) is 0 Å². The predicted molar refractivity (Wildman–Crippen MR) is 99.8 cm³/mol. The van der Waals surface area contributed by atoms with Gasteiger partial charge in [-0.3, -0.25) is 4.79 Å². The van der Waals surface area contributed by atoms with Gasteiger partial charge in [-0.25, -0.2) is 9.97 Å². The van der Waals surface area contributed by atoms with Crippen molar-refractivity contribution in [2.45, 2.75) is 38.5 Å². The second-order valence-corrected chi connectivity index (χ2v) is 7.96. The van der Waals surface area contributed by atoms with E-state index in [9.17, 15) is 4.79 Å². The Labute approximate surface area is 151 Å². The van der Waals surface area contributed by atoms with Crippen LogP contribution in [-0.4, -0.2) is 38.8 Å².